The molecule has 0 aromatic heterocycles. The zero-order valence-electron chi connectivity index (χ0n) is 9.04. The van der Waals surface area contributed by atoms with Crippen molar-refractivity contribution in [2.75, 3.05) is 6.61 Å². The number of aliphatic hydroxyl groups is 1. The van der Waals surface area contributed by atoms with E-state index in [1.807, 2.05) is 36.4 Å². The average Bonchev–Trinajstić information content (AvgIpc) is 2.33. The van der Waals surface area contributed by atoms with Gasteiger partial charge in [0.15, 0.2) is 0 Å². The Hall–Kier alpha value is -1.61. The van der Waals surface area contributed by atoms with Gasteiger partial charge in [-0.05, 0) is 18.1 Å². The molecule has 1 atom stereocenters. The lowest BCUT2D eigenvalue weighted by Crippen LogP contribution is -2.42. The molecule has 84 valence electrons. The number of hydrogen-bond donors (Lipinski definition) is 1. The highest BCUT2D eigenvalue weighted by atomic mass is 16.3. The van der Waals surface area contributed by atoms with E-state index in [1.54, 1.807) is 11.0 Å². The maximum atomic E-state index is 11.7. The van der Waals surface area contributed by atoms with Crippen LogP contribution in [0.25, 0.3) is 0 Å². The Balaban J connectivity index is 2.13. The van der Waals surface area contributed by atoms with Gasteiger partial charge in [-0.25, -0.2) is 0 Å². The second kappa shape index (κ2) is 4.94. The van der Waals surface area contributed by atoms with Crippen LogP contribution in [0.1, 0.15) is 12.0 Å². The van der Waals surface area contributed by atoms with E-state index in [1.165, 1.54) is 0 Å². The Morgan fingerprint density at radius 2 is 2.06 bits per heavy atom. The molecule has 2 rings (SSSR count). The highest BCUT2D eigenvalue weighted by Gasteiger charge is 2.23. The molecule has 1 aromatic carbocycles. The van der Waals surface area contributed by atoms with Crippen LogP contribution in [0, 0.1) is 0 Å². The highest BCUT2D eigenvalue weighted by molar-refractivity contribution is 5.88. The van der Waals surface area contributed by atoms with Gasteiger partial charge in [0.1, 0.15) is 0 Å². The number of rotatable bonds is 3. The van der Waals surface area contributed by atoms with Gasteiger partial charge in [-0.15, -0.1) is 0 Å². The fraction of sp³-hybridized carbons (Fsp3) is 0.308. The first kappa shape index (κ1) is 10.9. The SMILES string of the molecule is O=C1C=CC[C@@H](CO)N1Cc1ccccc1. The van der Waals surface area contributed by atoms with Gasteiger partial charge < -0.3 is 10.0 Å². The zero-order valence-corrected chi connectivity index (χ0v) is 9.04. The summed E-state index contributed by atoms with van der Waals surface area (Å²) in [7, 11) is 0. The Labute approximate surface area is 95.0 Å². The third kappa shape index (κ3) is 2.31. The van der Waals surface area contributed by atoms with Gasteiger partial charge in [-0.1, -0.05) is 36.4 Å². The maximum Gasteiger partial charge on any atom is 0.246 e. The van der Waals surface area contributed by atoms with Crippen molar-refractivity contribution in [1.29, 1.82) is 0 Å². The molecule has 3 nitrogen and oxygen atoms in total. The highest BCUT2D eigenvalue weighted by Crippen LogP contribution is 2.15. The van der Waals surface area contributed by atoms with E-state index in [-0.39, 0.29) is 18.6 Å². The largest absolute Gasteiger partial charge is 0.394 e. The number of aliphatic hydroxyl groups excluding tert-OH is 1. The molecule has 1 aliphatic rings. The van der Waals surface area contributed by atoms with Gasteiger partial charge in [0.25, 0.3) is 0 Å². The minimum Gasteiger partial charge on any atom is -0.394 e. The van der Waals surface area contributed by atoms with Crippen LogP contribution in [-0.2, 0) is 11.3 Å². The molecule has 0 unspecified atom stereocenters. The lowest BCUT2D eigenvalue weighted by molar-refractivity contribution is -0.130. The van der Waals surface area contributed by atoms with Gasteiger partial charge in [-0.2, -0.15) is 0 Å². The summed E-state index contributed by atoms with van der Waals surface area (Å²) in [6, 6.07) is 9.74. The monoisotopic (exact) mass is 217 g/mol. The van der Waals surface area contributed by atoms with Crippen molar-refractivity contribution >= 4 is 5.91 Å². The van der Waals surface area contributed by atoms with Gasteiger partial charge in [0, 0.05) is 6.54 Å². The van der Waals surface area contributed by atoms with E-state index in [4.69, 9.17) is 0 Å². The molecule has 0 aliphatic carbocycles. The Bertz CT molecular complexity index is 386. The molecule has 0 saturated carbocycles. The Morgan fingerprint density at radius 1 is 1.31 bits per heavy atom. The summed E-state index contributed by atoms with van der Waals surface area (Å²) in [4.78, 5) is 13.4. The molecule has 0 radical (unpaired) electrons. The molecule has 1 N–H and O–H groups in total. The second-order valence-electron chi connectivity index (χ2n) is 3.93. The third-order valence-corrected chi connectivity index (χ3v) is 2.80. The summed E-state index contributed by atoms with van der Waals surface area (Å²) in [6.45, 7) is 0.582. The predicted molar refractivity (Wildman–Crippen MR) is 61.6 cm³/mol. The lowest BCUT2D eigenvalue weighted by Gasteiger charge is -2.31. The third-order valence-electron chi connectivity index (χ3n) is 2.80. The topological polar surface area (TPSA) is 40.5 Å². The van der Waals surface area contributed by atoms with Crippen molar-refractivity contribution in [2.24, 2.45) is 0 Å². The van der Waals surface area contributed by atoms with Gasteiger partial charge in [-0.3, -0.25) is 4.79 Å². The minimum atomic E-state index is -0.0855. The van der Waals surface area contributed by atoms with Crippen LogP contribution in [0.3, 0.4) is 0 Å². The lowest BCUT2D eigenvalue weighted by atomic mass is 10.1. The number of hydrogen-bond acceptors (Lipinski definition) is 2. The number of nitrogens with zero attached hydrogens (tertiary/aromatic N) is 1. The Kier molecular flexibility index (Phi) is 3.37. The maximum absolute atomic E-state index is 11.7. The van der Waals surface area contributed by atoms with Gasteiger partial charge >= 0.3 is 0 Å². The van der Waals surface area contributed by atoms with Crippen molar-refractivity contribution in [3.63, 3.8) is 0 Å². The molecule has 0 fully saturated rings. The first-order chi connectivity index (χ1) is 7.81. The molecule has 1 heterocycles. The molecular weight excluding hydrogens is 202 g/mol. The summed E-state index contributed by atoms with van der Waals surface area (Å²) < 4.78 is 0. The van der Waals surface area contributed by atoms with Crippen LogP contribution >= 0.6 is 0 Å². The van der Waals surface area contributed by atoms with Crippen LogP contribution in [0.4, 0.5) is 0 Å². The molecule has 1 aliphatic heterocycles. The quantitative estimate of drug-likeness (QED) is 0.830. The molecule has 1 amide bonds. The summed E-state index contributed by atoms with van der Waals surface area (Å²) in [5.41, 5.74) is 1.09. The summed E-state index contributed by atoms with van der Waals surface area (Å²) in [5, 5.41) is 9.23. The summed E-state index contributed by atoms with van der Waals surface area (Å²) in [6.07, 6.45) is 4.13. The van der Waals surface area contributed by atoms with Crippen LogP contribution in [0.15, 0.2) is 42.5 Å². The molecular formula is C13H15NO2. The van der Waals surface area contributed by atoms with Crippen molar-refractivity contribution < 1.29 is 9.90 Å². The second-order valence-corrected chi connectivity index (χ2v) is 3.93. The molecule has 1 aromatic rings. The number of amides is 1. The molecule has 3 heteroatoms. The molecule has 0 bridgehead atoms. The van der Waals surface area contributed by atoms with Crippen LogP contribution in [0.5, 0.6) is 0 Å². The van der Waals surface area contributed by atoms with E-state index in [2.05, 4.69) is 0 Å². The van der Waals surface area contributed by atoms with E-state index in [0.29, 0.717) is 6.54 Å². The fourth-order valence-electron chi connectivity index (χ4n) is 1.89. The minimum absolute atomic E-state index is 0.0168. The van der Waals surface area contributed by atoms with Crippen molar-refractivity contribution in [3.8, 4) is 0 Å². The summed E-state index contributed by atoms with van der Waals surface area (Å²) >= 11 is 0. The van der Waals surface area contributed by atoms with E-state index in [0.717, 1.165) is 12.0 Å². The fourth-order valence-corrected chi connectivity index (χ4v) is 1.89. The first-order valence-corrected chi connectivity index (χ1v) is 5.43. The smallest absolute Gasteiger partial charge is 0.246 e. The van der Waals surface area contributed by atoms with E-state index in [9.17, 15) is 9.90 Å². The number of carbonyl (C=O) groups excluding carboxylic acids is 1. The average molecular weight is 217 g/mol. The van der Waals surface area contributed by atoms with Crippen LogP contribution < -0.4 is 0 Å². The Morgan fingerprint density at radius 3 is 2.75 bits per heavy atom. The number of carbonyl (C=O) groups is 1. The molecule has 0 saturated heterocycles. The van der Waals surface area contributed by atoms with Gasteiger partial charge in [0.05, 0.1) is 12.6 Å². The normalized spacial score (nSPS) is 20.2. The standard InChI is InChI=1S/C13H15NO2/c15-10-12-7-4-8-13(16)14(12)9-11-5-2-1-3-6-11/h1-6,8,12,15H,7,9-10H2/t12-/m0/s1. The number of benzene rings is 1. The van der Waals surface area contributed by atoms with E-state index >= 15 is 0 Å². The van der Waals surface area contributed by atoms with Crippen molar-refractivity contribution in [1.82, 2.24) is 4.90 Å². The van der Waals surface area contributed by atoms with Gasteiger partial charge in [0.2, 0.25) is 5.91 Å². The zero-order chi connectivity index (χ0) is 11.4. The van der Waals surface area contributed by atoms with Crippen molar-refractivity contribution in [2.45, 2.75) is 19.0 Å². The van der Waals surface area contributed by atoms with Crippen LogP contribution in [0.2, 0.25) is 0 Å². The predicted octanol–water partition coefficient (Wildman–Crippen LogP) is 1.34. The van der Waals surface area contributed by atoms with E-state index < -0.39 is 0 Å². The van der Waals surface area contributed by atoms with Crippen molar-refractivity contribution in [3.05, 3.63) is 48.0 Å². The van der Waals surface area contributed by atoms with Crippen LogP contribution in [-0.4, -0.2) is 28.6 Å². The summed E-state index contributed by atoms with van der Waals surface area (Å²) in [5.74, 6) is -0.0193. The first-order valence-electron chi connectivity index (χ1n) is 5.43. The molecule has 0 spiro atoms. The molecule has 16 heavy (non-hydrogen) atoms.